The summed E-state index contributed by atoms with van der Waals surface area (Å²) in [5.74, 6) is 1.04. The molecular formula is C40H34N2. The van der Waals surface area contributed by atoms with Gasteiger partial charge in [-0.3, -0.25) is 0 Å². The number of rotatable bonds is 3. The van der Waals surface area contributed by atoms with Gasteiger partial charge in [0.1, 0.15) is 0 Å². The van der Waals surface area contributed by atoms with Crippen LogP contribution in [0, 0.1) is 18.3 Å². The molecule has 0 saturated heterocycles. The van der Waals surface area contributed by atoms with E-state index in [1.165, 1.54) is 81.9 Å². The first-order chi connectivity index (χ1) is 20.3. The quantitative estimate of drug-likeness (QED) is 0.218. The standard InChI is InChI=1S/C40H34N2/c1-22(2)25-10-11-26-18-38-34(15-29(26)14-25)36-16-30(32-9-7-6-8-28(32)21-41)17-37-35-20-33-24(5)31(23(3)4)13-12-27(33)19-39(35)42(38)40(36)37/h6-8,10-20,22-23,32H,9H2,1-5H3. The molecule has 204 valence electrons. The smallest absolute Gasteiger partial charge is 0.0953 e. The molecule has 2 heterocycles. The van der Waals surface area contributed by atoms with E-state index in [4.69, 9.17) is 0 Å². The van der Waals surface area contributed by atoms with Crippen molar-refractivity contribution in [2.45, 2.75) is 58.8 Å². The lowest BCUT2D eigenvalue weighted by molar-refractivity contribution is 0.824. The van der Waals surface area contributed by atoms with Gasteiger partial charge >= 0.3 is 0 Å². The fourth-order valence-electron chi connectivity index (χ4n) is 7.56. The van der Waals surface area contributed by atoms with Crippen LogP contribution in [0.5, 0.6) is 0 Å². The molecule has 0 aliphatic heterocycles. The number of benzene rings is 5. The van der Waals surface area contributed by atoms with Crippen LogP contribution in [0.25, 0.3) is 59.6 Å². The van der Waals surface area contributed by atoms with Gasteiger partial charge in [0.15, 0.2) is 0 Å². The van der Waals surface area contributed by atoms with E-state index in [2.05, 4.69) is 118 Å². The Labute approximate surface area is 246 Å². The fourth-order valence-corrected chi connectivity index (χ4v) is 7.56. The summed E-state index contributed by atoms with van der Waals surface area (Å²) in [5, 5.41) is 20.3. The molecule has 0 fully saturated rings. The van der Waals surface area contributed by atoms with E-state index < -0.39 is 0 Å². The molecule has 1 aliphatic rings. The van der Waals surface area contributed by atoms with Crippen LogP contribution in [0.15, 0.2) is 90.5 Å². The maximum Gasteiger partial charge on any atom is 0.0953 e. The maximum absolute atomic E-state index is 10.0. The van der Waals surface area contributed by atoms with Crippen LogP contribution in [0.2, 0.25) is 0 Å². The van der Waals surface area contributed by atoms with E-state index in [0.29, 0.717) is 11.8 Å². The Morgan fingerprint density at radius 2 is 1.45 bits per heavy atom. The first kappa shape index (κ1) is 25.1. The van der Waals surface area contributed by atoms with Crippen LogP contribution in [-0.4, -0.2) is 4.40 Å². The van der Waals surface area contributed by atoms with Gasteiger partial charge in [-0.2, -0.15) is 5.26 Å². The Hall–Kier alpha value is -4.61. The molecule has 0 spiro atoms. The zero-order valence-corrected chi connectivity index (χ0v) is 24.9. The third-order valence-electron chi connectivity index (χ3n) is 9.82. The largest absolute Gasteiger partial charge is 0.308 e. The molecular weight excluding hydrogens is 508 g/mol. The number of aryl methyl sites for hydroxylation is 1. The Balaban J connectivity index is 1.54. The molecule has 2 aromatic heterocycles. The third-order valence-corrected chi connectivity index (χ3v) is 9.82. The number of hydrogen-bond acceptors (Lipinski definition) is 1. The van der Waals surface area contributed by atoms with E-state index in [0.717, 1.165) is 12.0 Å². The lowest BCUT2D eigenvalue weighted by Gasteiger charge is -2.18. The second kappa shape index (κ2) is 8.94. The number of hydrogen-bond donors (Lipinski definition) is 0. The number of aromatic nitrogens is 1. The minimum atomic E-state index is 0.0748. The lowest BCUT2D eigenvalue weighted by atomic mass is 9.84. The molecule has 1 aliphatic carbocycles. The molecule has 2 heteroatoms. The van der Waals surface area contributed by atoms with E-state index in [1.54, 1.807) is 0 Å². The van der Waals surface area contributed by atoms with Crippen molar-refractivity contribution in [3.8, 4) is 6.07 Å². The van der Waals surface area contributed by atoms with Gasteiger partial charge in [0, 0.05) is 33.0 Å². The van der Waals surface area contributed by atoms with E-state index in [1.807, 2.05) is 12.2 Å². The molecule has 0 radical (unpaired) electrons. The number of allylic oxidation sites excluding steroid dienone is 4. The average Bonchev–Trinajstić information content (AvgIpc) is 3.49. The molecule has 1 unspecified atom stereocenters. The second-order valence-electron chi connectivity index (χ2n) is 12.9. The fraction of sp³-hybridized carbons (Fsp3) is 0.225. The SMILES string of the molecule is Cc1c(C(C)C)ccc2cc3c(cc12)c1cc(C2CC=CC=C2C#N)cc2c4cc5cc(C(C)C)ccc5cc4n3c21. The van der Waals surface area contributed by atoms with Gasteiger partial charge in [0.2, 0.25) is 0 Å². The van der Waals surface area contributed by atoms with E-state index in [-0.39, 0.29) is 5.92 Å². The van der Waals surface area contributed by atoms with Gasteiger partial charge in [0.05, 0.1) is 22.6 Å². The summed E-state index contributed by atoms with van der Waals surface area (Å²) in [7, 11) is 0. The highest BCUT2D eigenvalue weighted by Crippen LogP contribution is 2.45. The molecule has 1 atom stereocenters. The Morgan fingerprint density at radius 3 is 2.17 bits per heavy atom. The summed E-state index contributed by atoms with van der Waals surface area (Å²) in [6.45, 7) is 11.3. The van der Waals surface area contributed by atoms with Crippen molar-refractivity contribution >= 4 is 59.6 Å². The Kier molecular flexibility index (Phi) is 5.35. The molecule has 0 bridgehead atoms. The summed E-state index contributed by atoms with van der Waals surface area (Å²) >= 11 is 0. The van der Waals surface area contributed by atoms with Crippen molar-refractivity contribution in [2.24, 2.45) is 0 Å². The molecule has 0 amide bonds. The van der Waals surface area contributed by atoms with Crippen LogP contribution in [-0.2, 0) is 0 Å². The zero-order chi connectivity index (χ0) is 28.9. The monoisotopic (exact) mass is 542 g/mol. The lowest BCUT2D eigenvalue weighted by Crippen LogP contribution is -2.03. The van der Waals surface area contributed by atoms with Gasteiger partial charge in [0.25, 0.3) is 0 Å². The van der Waals surface area contributed by atoms with Crippen molar-refractivity contribution in [1.82, 2.24) is 4.40 Å². The first-order valence-electron chi connectivity index (χ1n) is 15.2. The summed E-state index contributed by atoms with van der Waals surface area (Å²) in [5.41, 5.74) is 10.0. The minimum Gasteiger partial charge on any atom is -0.308 e. The third kappa shape index (κ3) is 3.43. The van der Waals surface area contributed by atoms with Crippen LogP contribution < -0.4 is 0 Å². The van der Waals surface area contributed by atoms with Gasteiger partial charge < -0.3 is 4.40 Å². The van der Waals surface area contributed by atoms with Crippen molar-refractivity contribution in [1.29, 1.82) is 5.26 Å². The van der Waals surface area contributed by atoms with Crippen LogP contribution >= 0.6 is 0 Å². The predicted octanol–water partition coefficient (Wildman–Crippen LogP) is 11.2. The van der Waals surface area contributed by atoms with Crippen molar-refractivity contribution in [2.75, 3.05) is 0 Å². The first-order valence-corrected chi connectivity index (χ1v) is 15.2. The highest BCUT2D eigenvalue weighted by atomic mass is 14.9. The predicted molar refractivity (Wildman–Crippen MR) is 179 cm³/mol. The van der Waals surface area contributed by atoms with E-state index in [9.17, 15) is 5.26 Å². The van der Waals surface area contributed by atoms with Crippen molar-refractivity contribution in [3.05, 3.63) is 113 Å². The van der Waals surface area contributed by atoms with E-state index >= 15 is 0 Å². The molecule has 42 heavy (non-hydrogen) atoms. The average molecular weight is 543 g/mol. The van der Waals surface area contributed by atoms with Crippen molar-refractivity contribution < 1.29 is 0 Å². The number of nitriles is 1. The summed E-state index contributed by atoms with van der Waals surface area (Å²) in [6, 6.07) is 28.4. The van der Waals surface area contributed by atoms with Gasteiger partial charge in [-0.15, -0.1) is 0 Å². The van der Waals surface area contributed by atoms with Gasteiger partial charge in [-0.1, -0.05) is 70.2 Å². The molecule has 2 nitrogen and oxygen atoms in total. The molecule has 0 saturated carbocycles. The second-order valence-corrected chi connectivity index (χ2v) is 12.9. The topological polar surface area (TPSA) is 28.2 Å². The van der Waals surface area contributed by atoms with Crippen LogP contribution in [0.4, 0.5) is 0 Å². The minimum absolute atomic E-state index is 0.0748. The Morgan fingerprint density at radius 1 is 0.738 bits per heavy atom. The zero-order valence-electron chi connectivity index (χ0n) is 24.9. The number of fused-ring (bicyclic) bond motifs is 8. The molecule has 5 aromatic carbocycles. The number of nitrogens with zero attached hydrogens (tertiary/aromatic N) is 2. The molecule has 7 aromatic rings. The highest BCUT2D eigenvalue weighted by molar-refractivity contribution is 6.26. The molecule has 8 rings (SSSR count). The summed E-state index contributed by atoms with van der Waals surface area (Å²) in [4.78, 5) is 0. The molecule has 0 N–H and O–H groups in total. The highest BCUT2D eigenvalue weighted by Gasteiger charge is 2.24. The van der Waals surface area contributed by atoms with Crippen molar-refractivity contribution in [3.63, 3.8) is 0 Å². The normalized spacial score (nSPS) is 15.9. The summed E-state index contributed by atoms with van der Waals surface area (Å²) in [6.07, 6.45) is 7.05. The van der Waals surface area contributed by atoms with Gasteiger partial charge in [-0.05, 0) is 111 Å². The maximum atomic E-state index is 10.0. The van der Waals surface area contributed by atoms with Crippen LogP contribution in [0.1, 0.15) is 74.1 Å². The summed E-state index contributed by atoms with van der Waals surface area (Å²) < 4.78 is 2.50. The Bertz CT molecular complexity index is 2350. The van der Waals surface area contributed by atoms with Gasteiger partial charge in [-0.25, -0.2) is 0 Å². The van der Waals surface area contributed by atoms with Crippen LogP contribution in [0.3, 0.4) is 0 Å².